The highest BCUT2D eigenvalue weighted by Crippen LogP contribution is 2.27. The van der Waals surface area contributed by atoms with Gasteiger partial charge in [0, 0.05) is 55.6 Å². The van der Waals surface area contributed by atoms with Gasteiger partial charge in [-0.3, -0.25) is 14.9 Å². The number of hydrogen-bond donors (Lipinski definition) is 0. The van der Waals surface area contributed by atoms with E-state index in [9.17, 15) is 0 Å². The summed E-state index contributed by atoms with van der Waals surface area (Å²) in [5, 5.41) is 4.81. The van der Waals surface area contributed by atoms with E-state index in [1.165, 1.54) is 12.0 Å². The molecule has 1 atom stereocenters. The first-order valence-electron chi connectivity index (χ1n) is 9.73. The maximum atomic E-state index is 4.81. The lowest BCUT2D eigenvalue weighted by molar-refractivity contribution is 0.196. The molecule has 6 nitrogen and oxygen atoms in total. The fourth-order valence-electron chi connectivity index (χ4n) is 3.95. The van der Waals surface area contributed by atoms with Crippen molar-refractivity contribution in [2.75, 3.05) is 13.1 Å². The van der Waals surface area contributed by atoms with Gasteiger partial charge in [0.05, 0.1) is 0 Å². The molecule has 0 aromatic carbocycles. The Hall–Kier alpha value is -3.12. The second-order valence-corrected chi connectivity index (χ2v) is 7.36. The lowest BCUT2D eigenvalue weighted by atomic mass is 9.97. The van der Waals surface area contributed by atoms with Gasteiger partial charge in [0.1, 0.15) is 0 Å². The number of piperidine rings is 1. The quantitative estimate of drug-likeness (QED) is 0.550. The Morgan fingerprint density at radius 3 is 2.75 bits per heavy atom. The van der Waals surface area contributed by atoms with Crippen molar-refractivity contribution in [3.63, 3.8) is 0 Å². The lowest BCUT2D eigenvalue weighted by Crippen LogP contribution is -2.34. The van der Waals surface area contributed by atoms with Gasteiger partial charge in [0.2, 0.25) is 0 Å². The molecule has 0 radical (unpaired) electrons. The monoisotopic (exact) mass is 370 g/mol. The molecule has 140 valence electrons. The highest BCUT2D eigenvalue weighted by molar-refractivity contribution is 5.63. The SMILES string of the molecule is c1cncc(CN2CCC[C@@H](c3nc4ccc(-c5ccncc5)cn4n3)C2)c1. The van der Waals surface area contributed by atoms with Crippen LogP contribution in [0.15, 0.2) is 67.4 Å². The first kappa shape index (κ1) is 17.0. The fourth-order valence-corrected chi connectivity index (χ4v) is 3.95. The third-order valence-electron chi connectivity index (χ3n) is 5.36. The molecule has 0 N–H and O–H groups in total. The molecule has 4 aromatic rings. The largest absolute Gasteiger partial charge is 0.298 e. The summed E-state index contributed by atoms with van der Waals surface area (Å²) in [5.41, 5.74) is 4.41. The summed E-state index contributed by atoms with van der Waals surface area (Å²) in [4.78, 5) is 15.6. The second-order valence-electron chi connectivity index (χ2n) is 7.36. The topological polar surface area (TPSA) is 59.2 Å². The van der Waals surface area contributed by atoms with Crippen LogP contribution in [0.1, 0.15) is 30.1 Å². The van der Waals surface area contributed by atoms with Gasteiger partial charge in [-0.15, -0.1) is 0 Å². The van der Waals surface area contributed by atoms with Crippen molar-refractivity contribution < 1.29 is 0 Å². The highest BCUT2D eigenvalue weighted by atomic mass is 15.3. The summed E-state index contributed by atoms with van der Waals surface area (Å²) < 4.78 is 1.91. The van der Waals surface area contributed by atoms with E-state index in [1.54, 1.807) is 0 Å². The second kappa shape index (κ2) is 7.48. The van der Waals surface area contributed by atoms with E-state index in [0.29, 0.717) is 5.92 Å². The molecule has 5 heterocycles. The molecule has 4 aromatic heterocycles. The summed E-state index contributed by atoms with van der Waals surface area (Å²) in [6, 6.07) is 12.3. The Labute approximate surface area is 163 Å². The van der Waals surface area contributed by atoms with E-state index in [1.807, 2.05) is 53.6 Å². The smallest absolute Gasteiger partial charge is 0.156 e. The molecule has 1 aliphatic rings. The zero-order chi connectivity index (χ0) is 18.8. The Bertz CT molecular complexity index is 1060. The number of fused-ring (bicyclic) bond motifs is 1. The van der Waals surface area contributed by atoms with Crippen LogP contribution < -0.4 is 0 Å². The minimum atomic E-state index is 0.370. The summed E-state index contributed by atoms with van der Waals surface area (Å²) in [7, 11) is 0. The molecule has 6 heteroatoms. The molecule has 0 saturated carbocycles. The maximum Gasteiger partial charge on any atom is 0.156 e. The van der Waals surface area contributed by atoms with Crippen molar-refractivity contribution in [2.45, 2.75) is 25.3 Å². The zero-order valence-corrected chi connectivity index (χ0v) is 15.6. The van der Waals surface area contributed by atoms with E-state index in [4.69, 9.17) is 10.1 Å². The molecule has 28 heavy (non-hydrogen) atoms. The Morgan fingerprint density at radius 2 is 1.89 bits per heavy atom. The number of hydrogen-bond acceptors (Lipinski definition) is 5. The van der Waals surface area contributed by atoms with E-state index in [2.05, 4.69) is 33.2 Å². The molecule has 1 fully saturated rings. The summed E-state index contributed by atoms with van der Waals surface area (Å²) >= 11 is 0. The van der Waals surface area contributed by atoms with Crippen LogP contribution in [0, 0.1) is 0 Å². The third kappa shape index (κ3) is 3.51. The van der Waals surface area contributed by atoms with Crippen molar-refractivity contribution in [3.05, 3.63) is 78.8 Å². The van der Waals surface area contributed by atoms with Gasteiger partial charge >= 0.3 is 0 Å². The van der Waals surface area contributed by atoms with E-state index < -0.39 is 0 Å². The number of rotatable bonds is 4. The Morgan fingerprint density at radius 1 is 0.964 bits per heavy atom. The first-order valence-corrected chi connectivity index (χ1v) is 9.73. The van der Waals surface area contributed by atoms with Crippen LogP contribution in [0.2, 0.25) is 0 Å². The maximum absolute atomic E-state index is 4.81. The summed E-state index contributed by atoms with van der Waals surface area (Å²) in [6.45, 7) is 3.04. The number of likely N-dealkylation sites (tertiary alicyclic amines) is 1. The average Bonchev–Trinajstić information content (AvgIpc) is 3.19. The van der Waals surface area contributed by atoms with E-state index in [0.717, 1.165) is 48.7 Å². The lowest BCUT2D eigenvalue weighted by Gasteiger charge is -2.31. The van der Waals surface area contributed by atoms with Crippen LogP contribution in [0.25, 0.3) is 16.8 Å². The summed E-state index contributed by atoms with van der Waals surface area (Å²) in [6.07, 6.45) is 11.8. The van der Waals surface area contributed by atoms with Gasteiger partial charge in [0.15, 0.2) is 11.5 Å². The van der Waals surface area contributed by atoms with Crippen LogP contribution in [-0.2, 0) is 6.54 Å². The molecular weight excluding hydrogens is 348 g/mol. The molecule has 1 aliphatic heterocycles. The standard InChI is InChI=1S/C22H22N6/c1-3-17(13-24-9-1)14-27-12-2-4-20(15-27)22-25-21-6-5-19(16-28(21)26-22)18-7-10-23-11-8-18/h1,3,5-11,13,16,20H,2,4,12,14-15H2/t20-/m1/s1. The first-order chi connectivity index (χ1) is 13.8. The number of nitrogens with zero attached hydrogens (tertiary/aromatic N) is 6. The van der Waals surface area contributed by atoms with Crippen LogP contribution in [0.4, 0.5) is 0 Å². The van der Waals surface area contributed by atoms with E-state index in [-0.39, 0.29) is 0 Å². The van der Waals surface area contributed by atoms with Crippen LogP contribution in [0.3, 0.4) is 0 Å². The molecule has 0 unspecified atom stereocenters. The average molecular weight is 370 g/mol. The predicted molar refractivity (Wildman–Crippen MR) is 108 cm³/mol. The molecule has 5 rings (SSSR count). The zero-order valence-electron chi connectivity index (χ0n) is 15.6. The molecule has 0 aliphatic carbocycles. The van der Waals surface area contributed by atoms with Gasteiger partial charge in [-0.05, 0) is 60.8 Å². The molecule has 1 saturated heterocycles. The van der Waals surface area contributed by atoms with Gasteiger partial charge in [-0.25, -0.2) is 9.50 Å². The van der Waals surface area contributed by atoms with Crippen molar-refractivity contribution >= 4 is 5.65 Å². The van der Waals surface area contributed by atoms with Crippen molar-refractivity contribution in [3.8, 4) is 11.1 Å². The predicted octanol–water partition coefficient (Wildman–Crippen LogP) is 3.57. The number of aromatic nitrogens is 5. The Balaban J connectivity index is 1.36. The van der Waals surface area contributed by atoms with Crippen LogP contribution in [-0.4, -0.2) is 42.6 Å². The van der Waals surface area contributed by atoms with Gasteiger partial charge < -0.3 is 0 Å². The Kier molecular flexibility index (Phi) is 4.54. The van der Waals surface area contributed by atoms with Gasteiger partial charge in [0.25, 0.3) is 0 Å². The molecule has 0 bridgehead atoms. The minimum absolute atomic E-state index is 0.370. The normalized spacial score (nSPS) is 17.8. The fraction of sp³-hybridized carbons (Fsp3) is 0.273. The number of pyridine rings is 3. The minimum Gasteiger partial charge on any atom is -0.298 e. The molecule has 0 spiro atoms. The highest BCUT2D eigenvalue weighted by Gasteiger charge is 2.24. The molecule has 0 amide bonds. The van der Waals surface area contributed by atoms with Crippen molar-refractivity contribution in [1.82, 2.24) is 29.5 Å². The summed E-state index contributed by atoms with van der Waals surface area (Å²) in [5.74, 6) is 1.32. The van der Waals surface area contributed by atoms with Crippen molar-refractivity contribution in [2.24, 2.45) is 0 Å². The van der Waals surface area contributed by atoms with Crippen LogP contribution >= 0.6 is 0 Å². The molecular formula is C22H22N6. The van der Waals surface area contributed by atoms with E-state index >= 15 is 0 Å². The van der Waals surface area contributed by atoms with Gasteiger partial charge in [-0.1, -0.05) is 6.07 Å². The van der Waals surface area contributed by atoms with Gasteiger partial charge in [-0.2, -0.15) is 5.10 Å². The third-order valence-corrected chi connectivity index (χ3v) is 5.36. The van der Waals surface area contributed by atoms with Crippen LogP contribution in [0.5, 0.6) is 0 Å². The van der Waals surface area contributed by atoms with Crippen molar-refractivity contribution in [1.29, 1.82) is 0 Å².